The second-order valence-corrected chi connectivity index (χ2v) is 6.30. The topological polar surface area (TPSA) is 54.0 Å². The molecule has 0 saturated carbocycles. The highest BCUT2D eigenvalue weighted by Crippen LogP contribution is 2.20. The van der Waals surface area contributed by atoms with E-state index in [2.05, 4.69) is 21.7 Å². The van der Waals surface area contributed by atoms with Crippen molar-refractivity contribution in [2.45, 2.75) is 32.1 Å². The van der Waals surface area contributed by atoms with E-state index in [1.807, 2.05) is 0 Å². The van der Waals surface area contributed by atoms with E-state index < -0.39 is 11.6 Å². The van der Waals surface area contributed by atoms with Gasteiger partial charge in [-0.25, -0.2) is 8.78 Å². The summed E-state index contributed by atoms with van der Waals surface area (Å²) in [4.78, 5) is 16.3. The van der Waals surface area contributed by atoms with Crippen LogP contribution in [0.4, 0.5) is 20.2 Å². The second-order valence-electron chi connectivity index (χ2n) is 6.30. The molecule has 2 N–H and O–H groups in total. The van der Waals surface area contributed by atoms with Crippen molar-refractivity contribution in [1.29, 1.82) is 0 Å². The van der Waals surface area contributed by atoms with Gasteiger partial charge in [0.2, 0.25) is 0 Å². The summed E-state index contributed by atoms with van der Waals surface area (Å²) in [5.74, 6) is -2.09. The minimum atomic E-state index is -0.931. The van der Waals surface area contributed by atoms with Crippen LogP contribution in [0.15, 0.2) is 48.2 Å². The number of hydrogen-bond acceptors (Lipinski definition) is 3. The van der Waals surface area contributed by atoms with Gasteiger partial charge in [-0.3, -0.25) is 9.78 Å². The molecule has 1 aromatic heterocycles. The van der Waals surface area contributed by atoms with Crippen molar-refractivity contribution < 1.29 is 13.6 Å². The highest BCUT2D eigenvalue weighted by molar-refractivity contribution is 5.93. The largest absolute Gasteiger partial charge is 0.355 e. The number of carbonyl (C=O) groups excluding carboxylic acids is 1. The first-order valence-electron chi connectivity index (χ1n) is 8.76. The lowest BCUT2D eigenvalue weighted by molar-refractivity contribution is 0.0949. The zero-order valence-electron chi connectivity index (χ0n) is 14.4. The molecule has 0 aliphatic heterocycles. The third-order valence-electron chi connectivity index (χ3n) is 4.32. The molecule has 0 unspecified atom stereocenters. The van der Waals surface area contributed by atoms with Crippen LogP contribution >= 0.6 is 0 Å². The molecule has 1 aliphatic rings. The van der Waals surface area contributed by atoms with E-state index in [4.69, 9.17) is 0 Å². The van der Waals surface area contributed by atoms with Gasteiger partial charge in [0.05, 0.1) is 0 Å². The van der Waals surface area contributed by atoms with Crippen LogP contribution in [0.2, 0.25) is 0 Å². The predicted molar refractivity (Wildman–Crippen MR) is 97.4 cm³/mol. The zero-order chi connectivity index (χ0) is 18.4. The summed E-state index contributed by atoms with van der Waals surface area (Å²) in [6.07, 6.45) is 9.33. The van der Waals surface area contributed by atoms with Gasteiger partial charge in [-0.05, 0) is 56.4 Å². The lowest BCUT2D eigenvalue weighted by Gasteiger charge is -2.13. The Labute approximate surface area is 151 Å². The van der Waals surface area contributed by atoms with Gasteiger partial charge in [0.1, 0.15) is 5.69 Å². The Morgan fingerprint density at radius 1 is 1.08 bits per heavy atom. The molecule has 136 valence electrons. The Morgan fingerprint density at radius 3 is 2.69 bits per heavy atom. The number of halogens is 2. The SMILES string of the molecule is O=C(NCCC1=CCCCC1)c1cc(Nc2ccc(F)c(F)c2)ccn1. The first kappa shape index (κ1) is 18.0. The summed E-state index contributed by atoms with van der Waals surface area (Å²) >= 11 is 0. The van der Waals surface area contributed by atoms with Crippen LogP contribution in [0, 0.1) is 11.6 Å². The number of amides is 1. The number of allylic oxidation sites excluding steroid dienone is 1. The van der Waals surface area contributed by atoms with Crippen molar-refractivity contribution in [1.82, 2.24) is 10.3 Å². The third kappa shape index (κ3) is 4.88. The fourth-order valence-corrected chi connectivity index (χ4v) is 2.93. The van der Waals surface area contributed by atoms with Crippen LogP contribution in [-0.2, 0) is 0 Å². The number of carbonyl (C=O) groups is 1. The van der Waals surface area contributed by atoms with Crippen molar-refractivity contribution in [3.05, 3.63) is 65.5 Å². The summed E-state index contributed by atoms with van der Waals surface area (Å²) in [5.41, 5.74) is 2.64. The van der Waals surface area contributed by atoms with Crippen molar-refractivity contribution in [3.63, 3.8) is 0 Å². The maximum absolute atomic E-state index is 13.3. The number of aromatic nitrogens is 1. The van der Waals surface area contributed by atoms with Crippen LogP contribution in [0.25, 0.3) is 0 Å². The molecule has 3 rings (SSSR count). The average Bonchev–Trinajstić information content (AvgIpc) is 2.66. The average molecular weight is 357 g/mol. The molecule has 0 atom stereocenters. The van der Waals surface area contributed by atoms with Gasteiger partial charge in [-0.15, -0.1) is 0 Å². The first-order chi connectivity index (χ1) is 12.6. The van der Waals surface area contributed by atoms with Crippen molar-refractivity contribution in [2.75, 3.05) is 11.9 Å². The van der Waals surface area contributed by atoms with Gasteiger partial charge >= 0.3 is 0 Å². The Hall–Kier alpha value is -2.76. The lowest BCUT2D eigenvalue weighted by Crippen LogP contribution is -2.25. The standard InChI is InChI=1S/C20H21F2N3O/c21-17-7-6-15(12-18(17)22)25-16-9-11-23-19(13-16)20(26)24-10-8-14-4-2-1-3-5-14/h4,6-7,9,11-13H,1-3,5,8,10H2,(H,23,25)(H,24,26). The molecule has 1 heterocycles. The molecular weight excluding hydrogens is 336 g/mol. The van der Waals surface area contributed by atoms with Crippen LogP contribution in [0.5, 0.6) is 0 Å². The molecule has 2 aromatic rings. The van der Waals surface area contributed by atoms with Crippen LogP contribution in [0.1, 0.15) is 42.6 Å². The molecule has 0 spiro atoms. The smallest absolute Gasteiger partial charge is 0.269 e. The number of hydrogen-bond donors (Lipinski definition) is 2. The van der Waals surface area contributed by atoms with E-state index in [0.717, 1.165) is 31.4 Å². The fourth-order valence-electron chi connectivity index (χ4n) is 2.93. The van der Waals surface area contributed by atoms with Crippen LogP contribution in [0.3, 0.4) is 0 Å². The highest BCUT2D eigenvalue weighted by atomic mass is 19.2. The number of anilines is 2. The first-order valence-corrected chi connectivity index (χ1v) is 8.76. The van der Waals surface area contributed by atoms with Crippen LogP contribution < -0.4 is 10.6 Å². The van der Waals surface area contributed by atoms with Crippen molar-refractivity contribution in [2.24, 2.45) is 0 Å². The van der Waals surface area contributed by atoms with Gasteiger partial charge in [-0.2, -0.15) is 0 Å². The van der Waals surface area contributed by atoms with E-state index in [0.29, 0.717) is 17.9 Å². The van der Waals surface area contributed by atoms with E-state index in [1.165, 1.54) is 30.7 Å². The van der Waals surface area contributed by atoms with Crippen LogP contribution in [-0.4, -0.2) is 17.4 Å². The van der Waals surface area contributed by atoms with Crippen molar-refractivity contribution in [3.8, 4) is 0 Å². The van der Waals surface area contributed by atoms with Gasteiger partial charge in [0.25, 0.3) is 5.91 Å². The minimum absolute atomic E-state index is 0.254. The molecule has 0 bridgehead atoms. The molecular formula is C20H21F2N3O. The summed E-state index contributed by atoms with van der Waals surface area (Å²) in [6.45, 7) is 0.577. The van der Waals surface area contributed by atoms with Gasteiger partial charge < -0.3 is 10.6 Å². The van der Waals surface area contributed by atoms with E-state index >= 15 is 0 Å². The quantitative estimate of drug-likeness (QED) is 0.735. The third-order valence-corrected chi connectivity index (χ3v) is 4.32. The normalized spacial score (nSPS) is 13.8. The van der Waals surface area contributed by atoms with Gasteiger partial charge in [0, 0.05) is 30.2 Å². The molecule has 0 fully saturated rings. The Balaban J connectivity index is 1.58. The number of nitrogens with zero attached hydrogens (tertiary/aromatic N) is 1. The lowest BCUT2D eigenvalue weighted by atomic mass is 9.97. The molecule has 1 aromatic carbocycles. The maximum Gasteiger partial charge on any atom is 0.269 e. The van der Waals surface area contributed by atoms with Gasteiger partial charge in [-0.1, -0.05) is 11.6 Å². The van der Waals surface area contributed by atoms with E-state index in [-0.39, 0.29) is 11.6 Å². The number of benzene rings is 1. The zero-order valence-corrected chi connectivity index (χ0v) is 14.4. The number of pyridine rings is 1. The molecule has 26 heavy (non-hydrogen) atoms. The summed E-state index contributed by atoms with van der Waals surface area (Å²) in [6, 6.07) is 6.78. The molecule has 0 saturated heterocycles. The predicted octanol–water partition coefficient (Wildman–Crippen LogP) is 4.72. The number of nitrogens with one attached hydrogen (secondary N) is 2. The van der Waals surface area contributed by atoms with Crippen molar-refractivity contribution >= 4 is 17.3 Å². The Kier molecular flexibility index (Phi) is 5.94. The Bertz CT molecular complexity index is 820. The second kappa shape index (κ2) is 8.56. The molecule has 0 radical (unpaired) electrons. The van der Waals surface area contributed by atoms with E-state index in [9.17, 15) is 13.6 Å². The fraction of sp³-hybridized carbons (Fsp3) is 0.300. The minimum Gasteiger partial charge on any atom is -0.355 e. The molecule has 1 aliphatic carbocycles. The molecule has 4 nitrogen and oxygen atoms in total. The molecule has 6 heteroatoms. The highest BCUT2D eigenvalue weighted by Gasteiger charge is 2.10. The molecule has 1 amide bonds. The maximum atomic E-state index is 13.3. The monoisotopic (exact) mass is 357 g/mol. The Morgan fingerprint density at radius 2 is 1.92 bits per heavy atom. The summed E-state index contributed by atoms with van der Waals surface area (Å²) in [7, 11) is 0. The summed E-state index contributed by atoms with van der Waals surface area (Å²) < 4.78 is 26.3. The summed E-state index contributed by atoms with van der Waals surface area (Å²) in [5, 5.41) is 5.81. The van der Waals surface area contributed by atoms with E-state index in [1.54, 1.807) is 12.1 Å². The van der Waals surface area contributed by atoms with Gasteiger partial charge in [0.15, 0.2) is 11.6 Å². The number of rotatable bonds is 6.